The number of likely N-dealkylation sites (tertiary alicyclic amines) is 1. The summed E-state index contributed by atoms with van der Waals surface area (Å²) in [5, 5.41) is 15.4. The average molecular weight is 285 g/mol. The fraction of sp³-hybridized carbons (Fsp3) is 0.933. The number of piperidine rings is 1. The van der Waals surface area contributed by atoms with E-state index in [1.807, 2.05) is 20.8 Å². The van der Waals surface area contributed by atoms with E-state index in [9.17, 15) is 9.90 Å². The van der Waals surface area contributed by atoms with Crippen LogP contribution in [0.4, 0.5) is 4.79 Å². The topological polar surface area (TPSA) is 64.6 Å². The molecule has 0 saturated carbocycles. The molecule has 0 bridgehead atoms. The van der Waals surface area contributed by atoms with Gasteiger partial charge in [0.15, 0.2) is 0 Å². The molecule has 1 rings (SSSR count). The van der Waals surface area contributed by atoms with E-state index in [4.69, 9.17) is 0 Å². The number of aliphatic hydroxyl groups is 1. The minimum Gasteiger partial charge on any atom is -0.391 e. The molecule has 0 aromatic rings. The van der Waals surface area contributed by atoms with Gasteiger partial charge in [-0.3, -0.25) is 0 Å². The lowest BCUT2D eigenvalue weighted by Gasteiger charge is -2.29. The molecule has 1 aliphatic rings. The maximum absolute atomic E-state index is 11.6. The zero-order valence-corrected chi connectivity index (χ0v) is 13.4. The fourth-order valence-corrected chi connectivity index (χ4v) is 2.30. The van der Waals surface area contributed by atoms with Crippen molar-refractivity contribution >= 4 is 6.03 Å². The first-order chi connectivity index (χ1) is 9.29. The predicted molar refractivity (Wildman–Crippen MR) is 81.7 cm³/mol. The zero-order chi connectivity index (χ0) is 15.2. The van der Waals surface area contributed by atoms with Crippen LogP contribution in [0.1, 0.15) is 40.0 Å². The molecule has 0 aromatic heterocycles. The molecule has 5 nitrogen and oxygen atoms in total. The lowest BCUT2D eigenvalue weighted by Crippen LogP contribution is -2.44. The van der Waals surface area contributed by atoms with Crippen LogP contribution in [-0.2, 0) is 0 Å². The van der Waals surface area contributed by atoms with E-state index >= 15 is 0 Å². The van der Waals surface area contributed by atoms with Crippen LogP contribution in [0.15, 0.2) is 0 Å². The van der Waals surface area contributed by atoms with Crippen LogP contribution in [-0.4, -0.2) is 55.4 Å². The van der Waals surface area contributed by atoms with Crippen molar-refractivity contribution in [3.8, 4) is 0 Å². The van der Waals surface area contributed by atoms with Gasteiger partial charge in [-0.05, 0) is 50.7 Å². The molecule has 5 heteroatoms. The van der Waals surface area contributed by atoms with Gasteiger partial charge in [-0.15, -0.1) is 0 Å². The van der Waals surface area contributed by atoms with Gasteiger partial charge in [0.1, 0.15) is 0 Å². The second-order valence-electron chi connectivity index (χ2n) is 7.05. The Bertz CT molecular complexity index is 294. The predicted octanol–water partition coefficient (Wildman–Crippen LogP) is 1.42. The first-order valence-corrected chi connectivity index (χ1v) is 7.67. The molecule has 118 valence electrons. The van der Waals surface area contributed by atoms with E-state index in [0.717, 1.165) is 25.4 Å². The van der Waals surface area contributed by atoms with Gasteiger partial charge in [-0.25, -0.2) is 4.79 Å². The van der Waals surface area contributed by atoms with Crippen molar-refractivity contribution in [2.45, 2.75) is 46.1 Å². The van der Waals surface area contributed by atoms with Gasteiger partial charge in [-0.2, -0.15) is 0 Å². The van der Waals surface area contributed by atoms with Gasteiger partial charge < -0.3 is 20.6 Å². The second-order valence-corrected chi connectivity index (χ2v) is 7.05. The molecule has 20 heavy (non-hydrogen) atoms. The smallest absolute Gasteiger partial charge is 0.314 e. The SMILES string of the molecule is CN1CCC(CCNC(=O)NCC(O)C(C)(C)C)CC1. The molecule has 1 saturated heterocycles. The fourth-order valence-electron chi connectivity index (χ4n) is 2.30. The number of carbonyl (C=O) groups excluding carboxylic acids is 1. The number of rotatable bonds is 5. The van der Waals surface area contributed by atoms with Crippen molar-refractivity contribution in [1.29, 1.82) is 0 Å². The standard InChI is InChI=1S/C15H31N3O2/c1-15(2,3)13(19)11-17-14(20)16-8-5-12-6-9-18(4)10-7-12/h12-13,19H,5-11H2,1-4H3,(H2,16,17,20). The summed E-state index contributed by atoms with van der Waals surface area (Å²) in [4.78, 5) is 14.0. The van der Waals surface area contributed by atoms with E-state index in [-0.39, 0.29) is 11.4 Å². The third kappa shape index (κ3) is 6.57. The summed E-state index contributed by atoms with van der Waals surface area (Å²) in [6, 6.07) is -0.179. The number of hydrogen-bond acceptors (Lipinski definition) is 3. The molecule has 1 fully saturated rings. The first-order valence-electron chi connectivity index (χ1n) is 7.67. The molecular weight excluding hydrogens is 254 g/mol. The molecule has 1 atom stereocenters. The summed E-state index contributed by atoms with van der Waals surface area (Å²) >= 11 is 0. The van der Waals surface area contributed by atoms with Gasteiger partial charge >= 0.3 is 6.03 Å². The minimum absolute atomic E-state index is 0.179. The monoisotopic (exact) mass is 285 g/mol. The van der Waals surface area contributed by atoms with Crippen LogP contribution in [0.5, 0.6) is 0 Å². The average Bonchev–Trinajstić information content (AvgIpc) is 2.37. The highest BCUT2D eigenvalue weighted by atomic mass is 16.3. The Kier molecular flexibility index (Phi) is 6.76. The Morgan fingerprint density at radius 2 is 1.90 bits per heavy atom. The molecule has 1 aliphatic heterocycles. The maximum atomic E-state index is 11.6. The molecule has 0 spiro atoms. The number of amides is 2. The molecule has 1 heterocycles. The van der Waals surface area contributed by atoms with E-state index in [1.165, 1.54) is 12.8 Å². The third-order valence-electron chi connectivity index (χ3n) is 4.13. The summed E-state index contributed by atoms with van der Waals surface area (Å²) in [7, 11) is 2.16. The minimum atomic E-state index is -0.526. The van der Waals surface area contributed by atoms with Crippen molar-refractivity contribution in [2.24, 2.45) is 11.3 Å². The molecule has 2 amide bonds. The van der Waals surface area contributed by atoms with Crippen molar-refractivity contribution in [1.82, 2.24) is 15.5 Å². The number of aliphatic hydroxyl groups excluding tert-OH is 1. The Morgan fingerprint density at radius 3 is 2.45 bits per heavy atom. The third-order valence-corrected chi connectivity index (χ3v) is 4.13. The highest BCUT2D eigenvalue weighted by Gasteiger charge is 2.22. The summed E-state index contributed by atoms with van der Waals surface area (Å²) in [5.41, 5.74) is -0.207. The maximum Gasteiger partial charge on any atom is 0.314 e. The second kappa shape index (κ2) is 7.84. The molecule has 0 aromatic carbocycles. The quantitative estimate of drug-likeness (QED) is 0.716. The largest absolute Gasteiger partial charge is 0.391 e. The van der Waals surface area contributed by atoms with E-state index in [2.05, 4.69) is 22.6 Å². The molecule has 3 N–H and O–H groups in total. The molecule has 0 radical (unpaired) electrons. The van der Waals surface area contributed by atoms with Gasteiger partial charge in [0, 0.05) is 13.1 Å². The summed E-state index contributed by atoms with van der Waals surface area (Å²) in [6.45, 7) is 9.20. The summed E-state index contributed by atoms with van der Waals surface area (Å²) < 4.78 is 0. The van der Waals surface area contributed by atoms with Crippen molar-refractivity contribution in [2.75, 3.05) is 33.2 Å². The van der Waals surface area contributed by atoms with E-state index in [1.54, 1.807) is 0 Å². The van der Waals surface area contributed by atoms with Gasteiger partial charge in [0.2, 0.25) is 0 Å². The van der Waals surface area contributed by atoms with Crippen molar-refractivity contribution in [3.05, 3.63) is 0 Å². The lowest BCUT2D eigenvalue weighted by molar-refractivity contribution is 0.0650. The number of carbonyl (C=O) groups is 1. The highest BCUT2D eigenvalue weighted by molar-refractivity contribution is 5.73. The van der Waals surface area contributed by atoms with Crippen LogP contribution in [0.2, 0.25) is 0 Å². The number of nitrogens with zero attached hydrogens (tertiary/aromatic N) is 1. The Morgan fingerprint density at radius 1 is 1.30 bits per heavy atom. The van der Waals surface area contributed by atoms with E-state index < -0.39 is 6.10 Å². The first kappa shape index (κ1) is 17.2. The lowest BCUT2D eigenvalue weighted by atomic mass is 9.89. The molecule has 1 unspecified atom stereocenters. The van der Waals surface area contributed by atoms with Crippen molar-refractivity contribution < 1.29 is 9.90 Å². The Balaban J connectivity index is 2.08. The Hall–Kier alpha value is -0.810. The van der Waals surface area contributed by atoms with Crippen LogP contribution < -0.4 is 10.6 Å². The van der Waals surface area contributed by atoms with Gasteiger partial charge in [-0.1, -0.05) is 20.8 Å². The number of hydrogen-bond donors (Lipinski definition) is 3. The zero-order valence-electron chi connectivity index (χ0n) is 13.4. The van der Waals surface area contributed by atoms with Crippen molar-refractivity contribution in [3.63, 3.8) is 0 Å². The van der Waals surface area contributed by atoms with Crippen LogP contribution in [0, 0.1) is 11.3 Å². The van der Waals surface area contributed by atoms with Gasteiger partial charge in [0.05, 0.1) is 6.10 Å². The highest BCUT2D eigenvalue weighted by Crippen LogP contribution is 2.19. The van der Waals surface area contributed by atoms with Crippen LogP contribution in [0.25, 0.3) is 0 Å². The van der Waals surface area contributed by atoms with Crippen LogP contribution >= 0.6 is 0 Å². The molecular formula is C15H31N3O2. The van der Waals surface area contributed by atoms with E-state index in [0.29, 0.717) is 13.1 Å². The summed E-state index contributed by atoms with van der Waals surface area (Å²) in [5.74, 6) is 0.728. The normalized spacial score (nSPS) is 19.6. The number of urea groups is 1. The Labute approximate surface area is 123 Å². The number of nitrogens with one attached hydrogen (secondary N) is 2. The molecule has 0 aliphatic carbocycles. The van der Waals surface area contributed by atoms with Gasteiger partial charge in [0.25, 0.3) is 0 Å². The summed E-state index contributed by atoms with van der Waals surface area (Å²) in [6.07, 6.45) is 2.97. The van der Waals surface area contributed by atoms with Crippen LogP contribution in [0.3, 0.4) is 0 Å².